The summed E-state index contributed by atoms with van der Waals surface area (Å²) in [6.07, 6.45) is 10.2. The van der Waals surface area contributed by atoms with E-state index in [9.17, 15) is 4.79 Å². The number of unbranched alkanes of at least 4 members (excludes halogenated alkanes) is 5. The summed E-state index contributed by atoms with van der Waals surface area (Å²) in [5.41, 5.74) is 6.75. The summed E-state index contributed by atoms with van der Waals surface area (Å²) >= 11 is 0. The molecule has 0 unspecified atom stereocenters. The molecule has 3 nitrogen and oxygen atoms in total. The first-order chi connectivity index (χ1) is 8.24. The summed E-state index contributed by atoms with van der Waals surface area (Å²) in [5.74, 6) is -0.378. The summed E-state index contributed by atoms with van der Waals surface area (Å²) < 4.78 is 0. The number of aryl methyl sites for hydroxylation is 1. The first-order valence-corrected chi connectivity index (χ1v) is 6.48. The number of nitrogens with two attached hydrogens (primary N) is 1. The second-order valence-corrected chi connectivity index (χ2v) is 4.42. The van der Waals surface area contributed by atoms with E-state index in [0.717, 1.165) is 18.5 Å². The van der Waals surface area contributed by atoms with E-state index in [-0.39, 0.29) is 5.91 Å². The zero-order valence-corrected chi connectivity index (χ0v) is 10.6. The van der Waals surface area contributed by atoms with Gasteiger partial charge >= 0.3 is 0 Å². The molecule has 1 amide bonds. The monoisotopic (exact) mass is 234 g/mol. The highest BCUT2D eigenvalue weighted by Gasteiger charge is 2.02. The van der Waals surface area contributed by atoms with Crippen molar-refractivity contribution in [2.45, 2.75) is 51.9 Å². The lowest BCUT2D eigenvalue weighted by molar-refractivity contribution is 0.1000. The third-order valence-electron chi connectivity index (χ3n) is 2.89. The fraction of sp³-hybridized carbons (Fsp3) is 0.571. The molecule has 0 fully saturated rings. The average Bonchev–Trinajstić information content (AvgIpc) is 2.34. The fourth-order valence-electron chi connectivity index (χ4n) is 1.85. The van der Waals surface area contributed by atoms with Crippen LogP contribution in [0.3, 0.4) is 0 Å². The van der Waals surface area contributed by atoms with E-state index in [1.807, 2.05) is 0 Å². The van der Waals surface area contributed by atoms with Crippen molar-refractivity contribution in [3.63, 3.8) is 0 Å². The normalized spacial score (nSPS) is 10.4. The molecule has 0 saturated carbocycles. The van der Waals surface area contributed by atoms with Crippen molar-refractivity contribution in [3.05, 3.63) is 29.6 Å². The highest BCUT2D eigenvalue weighted by molar-refractivity contribution is 5.92. The summed E-state index contributed by atoms with van der Waals surface area (Å²) in [6.45, 7) is 2.22. The molecule has 17 heavy (non-hydrogen) atoms. The van der Waals surface area contributed by atoms with Crippen molar-refractivity contribution in [3.8, 4) is 0 Å². The Labute approximate surface area is 103 Å². The Morgan fingerprint density at radius 2 is 1.94 bits per heavy atom. The smallest absolute Gasteiger partial charge is 0.248 e. The molecule has 3 heteroatoms. The Balaban J connectivity index is 2.27. The van der Waals surface area contributed by atoms with Gasteiger partial charge in [-0.1, -0.05) is 39.0 Å². The van der Waals surface area contributed by atoms with Crippen molar-refractivity contribution >= 4 is 5.91 Å². The topological polar surface area (TPSA) is 56.0 Å². The molecule has 94 valence electrons. The van der Waals surface area contributed by atoms with Gasteiger partial charge in [0.1, 0.15) is 0 Å². The van der Waals surface area contributed by atoms with Gasteiger partial charge in [-0.25, -0.2) is 0 Å². The van der Waals surface area contributed by atoms with Crippen LogP contribution in [0.4, 0.5) is 0 Å². The number of rotatable bonds is 8. The second kappa shape index (κ2) is 7.82. The van der Waals surface area contributed by atoms with E-state index in [0.29, 0.717) is 5.56 Å². The van der Waals surface area contributed by atoms with Crippen LogP contribution < -0.4 is 5.73 Å². The third kappa shape index (κ3) is 5.48. The van der Waals surface area contributed by atoms with Crippen LogP contribution in [-0.2, 0) is 6.42 Å². The molecule has 1 heterocycles. The van der Waals surface area contributed by atoms with Crippen LogP contribution in [-0.4, -0.2) is 10.9 Å². The molecule has 0 saturated heterocycles. The zero-order chi connectivity index (χ0) is 12.5. The number of nitrogens with zero attached hydrogens (tertiary/aromatic N) is 1. The Morgan fingerprint density at radius 3 is 2.65 bits per heavy atom. The standard InChI is InChI=1S/C14H22N2O/c1-2-3-4-5-6-7-8-13-11-12(14(15)17)9-10-16-13/h9-11H,2-8H2,1H3,(H2,15,17). The van der Waals surface area contributed by atoms with Crippen molar-refractivity contribution in [1.82, 2.24) is 4.98 Å². The van der Waals surface area contributed by atoms with Crippen molar-refractivity contribution in [2.75, 3.05) is 0 Å². The van der Waals surface area contributed by atoms with E-state index in [4.69, 9.17) is 5.73 Å². The van der Waals surface area contributed by atoms with Crippen molar-refractivity contribution in [1.29, 1.82) is 0 Å². The number of hydrogen-bond acceptors (Lipinski definition) is 2. The second-order valence-electron chi connectivity index (χ2n) is 4.42. The number of primary amides is 1. The van der Waals surface area contributed by atoms with E-state index in [2.05, 4.69) is 11.9 Å². The highest BCUT2D eigenvalue weighted by atomic mass is 16.1. The lowest BCUT2D eigenvalue weighted by Crippen LogP contribution is -2.11. The van der Waals surface area contributed by atoms with Gasteiger partial charge in [-0.15, -0.1) is 0 Å². The Kier molecular flexibility index (Phi) is 6.30. The van der Waals surface area contributed by atoms with Crippen molar-refractivity contribution < 1.29 is 4.79 Å². The molecule has 0 aliphatic rings. The quantitative estimate of drug-likeness (QED) is 0.703. The van der Waals surface area contributed by atoms with Crippen LogP contribution in [0.5, 0.6) is 0 Å². The lowest BCUT2D eigenvalue weighted by Gasteiger charge is -2.02. The van der Waals surface area contributed by atoms with Gasteiger partial charge in [0.15, 0.2) is 0 Å². The van der Waals surface area contributed by atoms with Crippen LogP contribution in [0.15, 0.2) is 18.3 Å². The third-order valence-corrected chi connectivity index (χ3v) is 2.89. The molecule has 2 N–H and O–H groups in total. The Bertz CT molecular complexity index is 350. The largest absolute Gasteiger partial charge is 0.366 e. The van der Waals surface area contributed by atoms with Gasteiger partial charge in [0, 0.05) is 17.5 Å². The molecule has 1 aromatic heterocycles. The van der Waals surface area contributed by atoms with Gasteiger partial charge in [0.25, 0.3) is 0 Å². The molecular formula is C14H22N2O. The number of pyridine rings is 1. The van der Waals surface area contributed by atoms with Gasteiger partial charge in [-0.3, -0.25) is 9.78 Å². The molecule has 0 spiro atoms. The SMILES string of the molecule is CCCCCCCCc1cc(C(N)=O)ccn1. The first kappa shape index (κ1) is 13.7. The maximum absolute atomic E-state index is 11.0. The van der Waals surface area contributed by atoms with Crippen LogP contribution in [0.1, 0.15) is 61.5 Å². The molecule has 0 aliphatic heterocycles. The van der Waals surface area contributed by atoms with Gasteiger partial charge < -0.3 is 5.73 Å². The first-order valence-electron chi connectivity index (χ1n) is 6.48. The zero-order valence-electron chi connectivity index (χ0n) is 10.6. The Hall–Kier alpha value is -1.38. The van der Waals surface area contributed by atoms with Crippen LogP contribution in [0, 0.1) is 0 Å². The minimum atomic E-state index is -0.378. The van der Waals surface area contributed by atoms with E-state index in [1.54, 1.807) is 18.3 Å². The highest BCUT2D eigenvalue weighted by Crippen LogP contribution is 2.09. The van der Waals surface area contributed by atoms with Crippen molar-refractivity contribution in [2.24, 2.45) is 5.73 Å². The van der Waals surface area contributed by atoms with Gasteiger partial charge in [0.05, 0.1) is 0 Å². The summed E-state index contributed by atoms with van der Waals surface area (Å²) in [7, 11) is 0. The number of carbonyl (C=O) groups excluding carboxylic acids is 1. The lowest BCUT2D eigenvalue weighted by atomic mass is 10.1. The molecule has 1 aromatic rings. The average molecular weight is 234 g/mol. The number of aromatic nitrogens is 1. The molecule has 0 aromatic carbocycles. The van der Waals surface area contributed by atoms with Crippen LogP contribution >= 0.6 is 0 Å². The predicted octanol–water partition coefficient (Wildman–Crippen LogP) is 3.08. The predicted molar refractivity (Wildman–Crippen MR) is 69.8 cm³/mol. The molecular weight excluding hydrogens is 212 g/mol. The molecule has 1 rings (SSSR count). The van der Waals surface area contributed by atoms with E-state index >= 15 is 0 Å². The summed E-state index contributed by atoms with van der Waals surface area (Å²) in [5, 5.41) is 0. The van der Waals surface area contributed by atoms with Gasteiger partial charge in [0.2, 0.25) is 5.91 Å². The maximum Gasteiger partial charge on any atom is 0.248 e. The Morgan fingerprint density at radius 1 is 1.24 bits per heavy atom. The van der Waals surface area contributed by atoms with Crippen LogP contribution in [0.2, 0.25) is 0 Å². The number of hydrogen-bond donors (Lipinski definition) is 1. The fourth-order valence-corrected chi connectivity index (χ4v) is 1.85. The number of carbonyl (C=O) groups is 1. The molecule has 0 radical (unpaired) electrons. The summed E-state index contributed by atoms with van der Waals surface area (Å²) in [4.78, 5) is 15.2. The van der Waals surface area contributed by atoms with E-state index < -0.39 is 0 Å². The molecule has 0 atom stereocenters. The minimum Gasteiger partial charge on any atom is -0.366 e. The van der Waals surface area contributed by atoms with E-state index in [1.165, 1.54) is 32.1 Å². The molecule has 0 bridgehead atoms. The number of amides is 1. The van der Waals surface area contributed by atoms with Crippen LogP contribution in [0.25, 0.3) is 0 Å². The minimum absolute atomic E-state index is 0.378. The van der Waals surface area contributed by atoms with Gasteiger partial charge in [-0.2, -0.15) is 0 Å². The summed E-state index contributed by atoms with van der Waals surface area (Å²) in [6, 6.07) is 3.46. The maximum atomic E-state index is 11.0. The van der Waals surface area contributed by atoms with Gasteiger partial charge in [-0.05, 0) is 25.0 Å². The molecule has 0 aliphatic carbocycles.